The molecule has 3 aromatic rings. The summed E-state index contributed by atoms with van der Waals surface area (Å²) < 4.78 is 17.1. The van der Waals surface area contributed by atoms with E-state index in [2.05, 4.69) is 47.3 Å². The van der Waals surface area contributed by atoms with Gasteiger partial charge in [-0.15, -0.1) is 0 Å². The quantitative estimate of drug-likeness (QED) is 0.483. The van der Waals surface area contributed by atoms with Crippen LogP contribution in [0.25, 0.3) is 10.9 Å². The van der Waals surface area contributed by atoms with Gasteiger partial charge in [-0.3, -0.25) is 14.3 Å². The zero-order valence-corrected chi connectivity index (χ0v) is 23.1. The van der Waals surface area contributed by atoms with E-state index < -0.39 is 11.5 Å². The predicted octanol–water partition coefficient (Wildman–Crippen LogP) is 2.10. The van der Waals surface area contributed by atoms with E-state index in [4.69, 9.17) is 0 Å². The molecule has 12 heteroatoms. The lowest BCUT2D eigenvalue weighted by molar-refractivity contribution is 0.0933. The standard InChI is InChI=1S/C28H34FN9O2/c1-4-38-26-23-21(30-16-31-26)13-18(24(29)25(23)34-28(38)40)14-36-9-11-37(12-10-36)22-6-5-20(32-17(22)2)27(39)33-19-7-8-35(3)15-19/h5-6,13,16,19H,4,7-12,14-15H2,1-3H3,(H,30,31)(H,33,39)/t19-/m0/s1. The number of likely N-dealkylation sites (N-methyl/N-ethyl adjacent to an activating group) is 1. The van der Waals surface area contributed by atoms with Crippen molar-refractivity contribution in [3.63, 3.8) is 0 Å². The van der Waals surface area contributed by atoms with Gasteiger partial charge in [-0.1, -0.05) is 0 Å². The maximum absolute atomic E-state index is 15.6. The summed E-state index contributed by atoms with van der Waals surface area (Å²) in [5, 5.41) is 6.72. The zero-order valence-electron chi connectivity index (χ0n) is 23.1. The summed E-state index contributed by atoms with van der Waals surface area (Å²) in [6, 6.07) is 5.73. The Balaban J connectivity index is 1.13. The maximum Gasteiger partial charge on any atom is 0.349 e. The number of nitrogens with one attached hydrogen (secondary N) is 2. The lowest BCUT2D eigenvalue weighted by Crippen LogP contribution is -2.46. The molecule has 40 heavy (non-hydrogen) atoms. The van der Waals surface area contributed by atoms with E-state index >= 15 is 4.39 Å². The van der Waals surface area contributed by atoms with E-state index in [0.717, 1.165) is 57.1 Å². The van der Waals surface area contributed by atoms with Crippen LogP contribution in [0.2, 0.25) is 0 Å². The van der Waals surface area contributed by atoms with Gasteiger partial charge in [0.1, 0.15) is 17.0 Å². The number of benzene rings is 1. The van der Waals surface area contributed by atoms with Crippen LogP contribution in [-0.2, 0) is 13.1 Å². The molecular formula is C28H34FN9O2. The van der Waals surface area contributed by atoms with E-state index in [-0.39, 0.29) is 17.5 Å². The summed E-state index contributed by atoms with van der Waals surface area (Å²) >= 11 is 0. The number of aromatic nitrogens is 3. The van der Waals surface area contributed by atoms with Crippen molar-refractivity contribution in [1.82, 2.24) is 29.7 Å². The van der Waals surface area contributed by atoms with Crippen molar-refractivity contribution in [1.29, 1.82) is 0 Å². The molecule has 6 rings (SSSR count). The van der Waals surface area contributed by atoms with E-state index in [0.29, 0.717) is 41.2 Å². The van der Waals surface area contributed by atoms with Crippen molar-refractivity contribution in [2.24, 2.45) is 4.99 Å². The minimum absolute atomic E-state index is 0.0611. The molecule has 0 spiro atoms. The van der Waals surface area contributed by atoms with Gasteiger partial charge in [0.25, 0.3) is 5.91 Å². The topological polar surface area (TPSA) is 111 Å². The van der Waals surface area contributed by atoms with Crippen molar-refractivity contribution in [2.75, 3.05) is 56.5 Å². The number of carbonyl (C=O) groups is 1. The van der Waals surface area contributed by atoms with Gasteiger partial charge in [-0.25, -0.2) is 19.2 Å². The molecule has 1 aromatic carbocycles. The molecule has 0 aliphatic carbocycles. The molecule has 2 saturated heterocycles. The lowest BCUT2D eigenvalue weighted by atomic mass is 10.1. The second-order valence-electron chi connectivity index (χ2n) is 10.8. The Hall–Kier alpha value is -3.90. The maximum atomic E-state index is 15.6. The van der Waals surface area contributed by atoms with Crippen LogP contribution in [0.1, 0.15) is 35.1 Å². The van der Waals surface area contributed by atoms with Crippen molar-refractivity contribution < 1.29 is 9.18 Å². The molecule has 210 valence electrons. The van der Waals surface area contributed by atoms with Crippen LogP contribution in [0.3, 0.4) is 0 Å². The summed E-state index contributed by atoms with van der Waals surface area (Å²) in [4.78, 5) is 44.9. The Kier molecular flexibility index (Phi) is 6.97. The zero-order chi connectivity index (χ0) is 28.0. The number of aliphatic imine (C=N–C) groups is 1. The molecule has 3 aliphatic rings. The first-order valence-electron chi connectivity index (χ1n) is 13.8. The third kappa shape index (κ3) is 4.81. The van der Waals surface area contributed by atoms with E-state index in [1.807, 2.05) is 19.9 Å². The molecule has 0 radical (unpaired) electrons. The highest BCUT2D eigenvalue weighted by molar-refractivity contribution is 6.06. The Bertz CT molecular complexity index is 1560. The van der Waals surface area contributed by atoms with Gasteiger partial charge >= 0.3 is 5.69 Å². The van der Waals surface area contributed by atoms with E-state index in [1.165, 1.54) is 10.9 Å². The molecule has 2 aromatic heterocycles. The average Bonchev–Trinajstić information content (AvgIpc) is 3.36. The van der Waals surface area contributed by atoms with Crippen LogP contribution >= 0.6 is 0 Å². The molecule has 2 fully saturated rings. The highest BCUT2D eigenvalue weighted by atomic mass is 19.1. The van der Waals surface area contributed by atoms with Crippen LogP contribution in [0, 0.1) is 12.7 Å². The monoisotopic (exact) mass is 547 g/mol. The van der Waals surface area contributed by atoms with Crippen molar-refractivity contribution in [2.45, 2.75) is 39.4 Å². The number of rotatable bonds is 6. The number of aryl methyl sites for hydroxylation is 1. The van der Waals surface area contributed by atoms with Crippen LogP contribution < -0.4 is 21.2 Å². The normalized spacial score (nSPS) is 19.3. The minimum Gasteiger partial charge on any atom is -0.368 e. The van der Waals surface area contributed by atoms with Crippen LogP contribution in [0.15, 0.2) is 28.0 Å². The molecule has 3 aliphatic heterocycles. The molecule has 1 atom stereocenters. The summed E-state index contributed by atoms with van der Waals surface area (Å²) in [6.07, 6.45) is 2.48. The number of carbonyl (C=O) groups excluding carboxylic acids is 1. The number of hydrogen-bond acceptors (Lipinski definition) is 9. The molecule has 11 nitrogen and oxygen atoms in total. The Morgan fingerprint density at radius 2 is 1.98 bits per heavy atom. The molecule has 5 heterocycles. The fourth-order valence-electron chi connectivity index (χ4n) is 5.94. The van der Waals surface area contributed by atoms with Gasteiger partial charge < -0.3 is 20.4 Å². The number of pyridine rings is 1. The van der Waals surface area contributed by atoms with E-state index in [9.17, 15) is 9.59 Å². The smallest absolute Gasteiger partial charge is 0.349 e. The first kappa shape index (κ1) is 26.3. The summed E-state index contributed by atoms with van der Waals surface area (Å²) in [5.41, 5.74) is 3.01. The van der Waals surface area contributed by atoms with Gasteiger partial charge in [0, 0.05) is 57.4 Å². The van der Waals surface area contributed by atoms with Crippen LogP contribution in [-0.4, -0.2) is 88.9 Å². The average molecular weight is 548 g/mol. The number of anilines is 2. The molecule has 0 saturated carbocycles. The van der Waals surface area contributed by atoms with Gasteiger partial charge in [0.2, 0.25) is 0 Å². The first-order chi connectivity index (χ1) is 19.3. The highest BCUT2D eigenvalue weighted by Gasteiger charge is 2.26. The van der Waals surface area contributed by atoms with Crippen LogP contribution in [0.4, 0.5) is 21.6 Å². The predicted molar refractivity (Wildman–Crippen MR) is 153 cm³/mol. The lowest BCUT2D eigenvalue weighted by Gasteiger charge is -2.36. The number of likely N-dealkylation sites (tertiary alicyclic amines) is 1. The van der Waals surface area contributed by atoms with Crippen molar-refractivity contribution in [3.8, 4) is 0 Å². The number of piperazine rings is 1. The van der Waals surface area contributed by atoms with Gasteiger partial charge in [0.05, 0.1) is 28.8 Å². The number of nitrogens with zero attached hydrogens (tertiary/aromatic N) is 7. The van der Waals surface area contributed by atoms with Crippen molar-refractivity contribution >= 4 is 40.3 Å². The van der Waals surface area contributed by atoms with Crippen LogP contribution in [0.5, 0.6) is 0 Å². The Morgan fingerprint density at radius 3 is 2.67 bits per heavy atom. The Morgan fingerprint density at radius 1 is 1.18 bits per heavy atom. The van der Waals surface area contributed by atoms with Gasteiger partial charge in [0.15, 0.2) is 5.82 Å². The largest absolute Gasteiger partial charge is 0.368 e. The molecular weight excluding hydrogens is 513 g/mol. The van der Waals surface area contributed by atoms with Gasteiger partial charge in [-0.05, 0) is 52.1 Å². The third-order valence-electron chi connectivity index (χ3n) is 8.08. The SMILES string of the molecule is CCn1c2c3c(cc(CN4CCN(c5ccc(C(=O)N[C@H]6CCN(C)C6)nc5C)CC4)c(F)c3nc1=O)NC=N2. The van der Waals surface area contributed by atoms with E-state index in [1.54, 1.807) is 12.1 Å². The molecule has 1 amide bonds. The fourth-order valence-corrected chi connectivity index (χ4v) is 5.94. The Labute approximate surface area is 231 Å². The summed E-state index contributed by atoms with van der Waals surface area (Å²) in [5.74, 6) is -0.170. The van der Waals surface area contributed by atoms with Crippen molar-refractivity contribution in [3.05, 3.63) is 51.5 Å². The first-order valence-corrected chi connectivity index (χ1v) is 13.8. The number of halogens is 1. The summed E-state index contributed by atoms with van der Waals surface area (Å²) in [6.45, 7) is 9.39. The van der Waals surface area contributed by atoms with Gasteiger partial charge in [-0.2, -0.15) is 4.98 Å². The second kappa shape index (κ2) is 10.6. The highest BCUT2D eigenvalue weighted by Crippen LogP contribution is 2.36. The number of hydrogen-bond donors (Lipinski definition) is 2. The molecule has 2 N–H and O–H groups in total. The second-order valence-corrected chi connectivity index (χ2v) is 10.8. The minimum atomic E-state index is -0.502. The third-order valence-corrected chi connectivity index (χ3v) is 8.08. The number of amides is 1. The fraction of sp³-hybridized carbons (Fsp3) is 0.464. The molecule has 0 bridgehead atoms. The summed E-state index contributed by atoms with van der Waals surface area (Å²) in [7, 11) is 2.06. The molecule has 0 unspecified atom stereocenters.